The molecule has 1 saturated carbocycles. The van der Waals surface area contributed by atoms with Crippen LogP contribution in [0.2, 0.25) is 0 Å². The maximum atomic E-state index is 2.56. The summed E-state index contributed by atoms with van der Waals surface area (Å²) < 4.78 is 0. The standard InChI is InChI=1S/C17H20S/c1-2-10-16(11-3-1)17(18-12-6-7-13-18)14-15-8-4-5-9-15/h1-3,6-7,10-15,18H,4-5,8-9H2. The molecule has 0 saturated heterocycles. The predicted molar refractivity (Wildman–Crippen MR) is 83.6 cm³/mol. The van der Waals surface area contributed by atoms with Crippen molar-refractivity contribution in [3.05, 3.63) is 64.9 Å². The van der Waals surface area contributed by atoms with Gasteiger partial charge in [-0.1, -0.05) is 61.4 Å². The van der Waals surface area contributed by atoms with E-state index in [9.17, 15) is 0 Å². The van der Waals surface area contributed by atoms with E-state index in [4.69, 9.17) is 0 Å². The Labute approximate surface area is 112 Å². The lowest BCUT2D eigenvalue weighted by Gasteiger charge is -2.18. The van der Waals surface area contributed by atoms with Gasteiger partial charge in [-0.2, -0.15) is 10.9 Å². The highest BCUT2D eigenvalue weighted by Crippen LogP contribution is 2.48. The first-order chi connectivity index (χ1) is 8.93. The third-order valence-electron chi connectivity index (χ3n) is 3.75. The Morgan fingerprint density at radius 2 is 1.67 bits per heavy atom. The van der Waals surface area contributed by atoms with Crippen LogP contribution in [-0.2, 0) is 0 Å². The first-order valence-corrected chi connectivity index (χ1v) is 8.32. The van der Waals surface area contributed by atoms with Crippen LogP contribution in [0.1, 0.15) is 31.2 Å². The van der Waals surface area contributed by atoms with Crippen LogP contribution in [0, 0.1) is 5.92 Å². The summed E-state index contributed by atoms with van der Waals surface area (Å²) >= 11 is 0. The summed E-state index contributed by atoms with van der Waals surface area (Å²) in [6.45, 7) is 0. The molecule has 1 heterocycles. The molecule has 0 radical (unpaired) electrons. The van der Waals surface area contributed by atoms with Crippen molar-refractivity contribution in [1.29, 1.82) is 0 Å². The van der Waals surface area contributed by atoms with Crippen LogP contribution in [0.25, 0.3) is 4.91 Å². The van der Waals surface area contributed by atoms with Gasteiger partial charge in [0.15, 0.2) is 0 Å². The summed E-state index contributed by atoms with van der Waals surface area (Å²) in [6, 6.07) is 10.9. The Bertz CT molecular complexity index is 464. The number of rotatable bonds is 3. The number of hydrogen-bond donors (Lipinski definition) is 1. The lowest BCUT2D eigenvalue weighted by Crippen LogP contribution is -1.91. The maximum Gasteiger partial charge on any atom is -0.00197 e. The van der Waals surface area contributed by atoms with Gasteiger partial charge in [0.1, 0.15) is 0 Å². The Morgan fingerprint density at radius 1 is 1.00 bits per heavy atom. The Hall–Kier alpha value is -1.21. The summed E-state index contributed by atoms with van der Waals surface area (Å²) in [5, 5.41) is 4.73. The molecule has 94 valence electrons. The van der Waals surface area contributed by atoms with E-state index in [0.717, 1.165) is 5.92 Å². The van der Waals surface area contributed by atoms with E-state index in [-0.39, 0.29) is 10.9 Å². The van der Waals surface area contributed by atoms with Gasteiger partial charge in [-0.15, -0.1) is 0 Å². The molecular formula is C17H20S. The molecule has 0 nitrogen and oxygen atoms in total. The fourth-order valence-electron chi connectivity index (χ4n) is 2.78. The van der Waals surface area contributed by atoms with Crippen molar-refractivity contribution in [2.75, 3.05) is 0 Å². The van der Waals surface area contributed by atoms with Crippen LogP contribution < -0.4 is 0 Å². The maximum absolute atomic E-state index is 2.56. The third kappa shape index (κ3) is 2.62. The topological polar surface area (TPSA) is 0 Å². The van der Waals surface area contributed by atoms with Crippen LogP contribution >= 0.6 is 10.9 Å². The molecule has 2 aliphatic rings. The van der Waals surface area contributed by atoms with Gasteiger partial charge in [-0.25, -0.2) is 0 Å². The molecule has 0 N–H and O–H groups in total. The summed E-state index contributed by atoms with van der Waals surface area (Å²) in [5.74, 6) is 0.810. The molecule has 1 aromatic carbocycles. The van der Waals surface area contributed by atoms with Gasteiger partial charge in [0.25, 0.3) is 0 Å². The zero-order valence-corrected chi connectivity index (χ0v) is 11.5. The van der Waals surface area contributed by atoms with Crippen LogP contribution in [0.15, 0.2) is 59.4 Å². The minimum Gasteiger partial charge on any atom is -0.186 e. The second-order valence-corrected chi connectivity index (χ2v) is 6.95. The average Bonchev–Trinajstić information content (AvgIpc) is 3.10. The SMILES string of the molecule is C1=C[SH](C(=CC2CCCC2)c2ccccc2)C=C1. The number of allylic oxidation sites excluding steroid dienone is 3. The first kappa shape index (κ1) is 11.9. The van der Waals surface area contributed by atoms with Gasteiger partial charge in [-0.3, -0.25) is 0 Å². The van der Waals surface area contributed by atoms with Crippen LogP contribution in [0.4, 0.5) is 0 Å². The minimum atomic E-state index is -0.201. The summed E-state index contributed by atoms with van der Waals surface area (Å²) in [5.41, 5.74) is 1.41. The number of benzene rings is 1. The second-order valence-electron chi connectivity index (χ2n) is 5.05. The molecule has 0 atom stereocenters. The van der Waals surface area contributed by atoms with E-state index in [0.29, 0.717) is 0 Å². The Morgan fingerprint density at radius 3 is 2.33 bits per heavy atom. The zero-order chi connectivity index (χ0) is 12.2. The van der Waals surface area contributed by atoms with Crippen LogP contribution in [0.5, 0.6) is 0 Å². The molecule has 3 rings (SSSR count). The van der Waals surface area contributed by atoms with Crippen molar-refractivity contribution in [3.8, 4) is 0 Å². The number of hydrogen-bond acceptors (Lipinski definition) is 0. The Kier molecular flexibility index (Phi) is 3.70. The van der Waals surface area contributed by atoms with E-state index >= 15 is 0 Å². The fourth-order valence-corrected chi connectivity index (χ4v) is 4.60. The van der Waals surface area contributed by atoms with Gasteiger partial charge in [-0.05, 0) is 40.0 Å². The zero-order valence-electron chi connectivity index (χ0n) is 10.6. The average molecular weight is 256 g/mol. The quantitative estimate of drug-likeness (QED) is 0.701. The van der Waals surface area contributed by atoms with Gasteiger partial charge in [0.2, 0.25) is 0 Å². The van der Waals surface area contributed by atoms with Crippen molar-refractivity contribution >= 4 is 15.8 Å². The first-order valence-electron chi connectivity index (χ1n) is 6.84. The van der Waals surface area contributed by atoms with E-state index in [1.807, 2.05) is 0 Å². The van der Waals surface area contributed by atoms with E-state index in [1.165, 1.54) is 31.2 Å². The highest BCUT2D eigenvalue weighted by Gasteiger charge is 2.16. The van der Waals surface area contributed by atoms with Gasteiger partial charge < -0.3 is 0 Å². The van der Waals surface area contributed by atoms with E-state index < -0.39 is 0 Å². The molecule has 0 amide bonds. The lowest BCUT2D eigenvalue weighted by atomic mass is 10.1. The van der Waals surface area contributed by atoms with Gasteiger partial charge in [0.05, 0.1) is 0 Å². The van der Waals surface area contributed by atoms with Crippen molar-refractivity contribution in [3.63, 3.8) is 0 Å². The summed E-state index contributed by atoms with van der Waals surface area (Å²) in [7, 11) is -0.201. The molecule has 0 spiro atoms. The van der Waals surface area contributed by atoms with Gasteiger partial charge >= 0.3 is 0 Å². The lowest BCUT2D eigenvalue weighted by molar-refractivity contribution is 0.688. The molecule has 1 aliphatic carbocycles. The highest BCUT2D eigenvalue weighted by molar-refractivity contribution is 8.30. The molecule has 1 aromatic rings. The second kappa shape index (κ2) is 5.62. The van der Waals surface area contributed by atoms with E-state index in [2.05, 4.69) is 59.4 Å². The minimum absolute atomic E-state index is 0.201. The molecule has 0 bridgehead atoms. The third-order valence-corrected chi connectivity index (χ3v) is 5.70. The van der Waals surface area contributed by atoms with E-state index in [1.54, 1.807) is 4.91 Å². The number of thiol groups is 1. The summed E-state index contributed by atoms with van der Waals surface area (Å²) in [6.07, 6.45) is 12.5. The normalized spacial score (nSPS) is 22.0. The van der Waals surface area contributed by atoms with Crippen LogP contribution in [-0.4, -0.2) is 0 Å². The summed E-state index contributed by atoms with van der Waals surface area (Å²) in [4.78, 5) is 1.56. The molecule has 18 heavy (non-hydrogen) atoms. The van der Waals surface area contributed by atoms with Crippen molar-refractivity contribution in [2.24, 2.45) is 5.92 Å². The largest absolute Gasteiger partial charge is 0.186 e. The van der Waals surface area contributed by atoms with Crippen molar-refractivity contribution in [2.45, 2.75) is 25.7 Å². The molecule has 0 aromatic heterocycles. The highest BCUT2D eigenvalue weighted by atomic mass is 32.2. The molecule has 1 heteroatoms. The smallest absolute Gasteiger partial charge is 0.00197 e. The monoisotopic (exact) mass is 256 g/mol. The van der Waals surface area contributed by atoms with Crippen molar-refractivity contribution in [1.82, 2.24) is 0 Å². The van der Waals surface area contributed by atoms with Crippen LogP contribution in [0.3, 0.4) is 0 Å². The molecule has 1 aliphatic heterocycles. The predicted octanol–water partition coefficient (Wildman–Crippen LogP) is 5.26. The fraction of sp³-hybridized carbons (Fsp3) is 0.294. The molecular weight excluding hydrogens is 236 g/mol. The van der Waals surface area contributed by atoms with Gasteiger partial charge in [0, 0.05) is 0 Å². The Balaban J connectivity index is 1.92. The van der Waals surface area contributed by atoms with Crippen molar-refractivity contribution < 1.29 is 0 Å². The molecule has 0 unspecified atom stereocenters. The molecule has 1 fully saturated rings.